The molecule has 5 aliphatic rings. The normalized spacial score (nSPS) is 21.7. The summed E-state index contributed by atoms with van der Waals surface area (Å²) >= 11 is 0. The molecule has 0 saturated carbocycles. The van der Waals surface area contributed by atoms with Crippen LogP contribution in [0.4, 0.5) is 5.69 Å². The Morgan fingerprint density at radius 3 is 1.96 bits per heavy atom. The number of hydrogen-bond acceptors (Lipinski definition) is 12. The SMILES string of the molecule is COc1c(NC(CCC(=O)O)C(=O)O)c2c3c4c1C(C(C)=O)C(C)=CC1=C(CC(CCC(=O)O)C(=O)O)C(O)C5=C(C(=C3C(CO)=CC2=O)C(CO)=CC5=O)C14. The average molecular weight is 774 g/mol. The van der Waals surface area contributed by atoms with Crippen LogP contribution in [-0.4, -0.2) is 109 Å². The van der Waals surface area contributed by atoms with Gasteiger partial charge in [0.05, 0.1) is 43.4 Å². The molecular weight excluding hydrogens is 734 g/mol. The summed E-state index contributed by atoms with van der Waals surface area (Å²) in [7, 11) is 1.23. The summed E-state index contributed by atoms with van der Waals surface area (Å²) < 4.78 is 5.96. The van der Waals surface area contributed by atoms with E-state index in [9.17, 15) is 69.3 Å². The largest absolute Gasteiger partial charge is 0.494 e. The Balaban J connectivity index is 1.82. The van der Waals surface area contributed by atoms with E-state index in [0.29, 0.717) is 5.57 Å². The van der Waals surface area contributed by atoms with Crippen molar-refractivity contribution >= 4 is 52.5 Å². The van der Waals surface area contributed by atoms with Gasteiger partial charge in [0.2, 0.25) is 0 Å². The second-order valence-corrected chi connectivity index (χ2v) is 14.3. The third-order valence-corrected chi connectivity index (χ3v) is 11.1. The monoisotopic (exact) mass is 773 g/mol. The minimum absolute atomic E-state index is 0.0363. The first kappa shape index (κ1) is 39.7. The van der Waals surface area contributed by atoms with Crippen LogP contribution in [0.5, 0.6) is 5.75 Å². The highest BCUT2D eigenvalue weighted by Gasteiger charge is 2.52. The van der Waals surface area contributed by atoms with Crippen LogP contribution in [0.3, 0.4) is 0 Å². The fraction of sp³-hybridized carbons (Fsp3) is 0.375. The number of carboxylic acid groups (broad SMARTS) is 4. The number of anilines is 1. The molecule has 5 unspecified atom stereocenters. The van der Waals surface area contributed by atoms with Crippen LogP contribution >= 0.6 is 0 Å². The number of ether oxygens (including phenoxy) is 1. The predicted octanol–water partition coefficient (Wildman–Crippen LogP) is 2.45. The van der Waals surface area contributed by atoms with E-state index in [0.717, 1.165) is 12.2 Å². The summed E-state index contributed by atoms with van der Waals surface area (Å²) in [5.41, 5.74) is 1.16. The number of allylic oxidation sites excluding steroid dienone is 6. The maximum Gasteiger partial charge on any atom is 0.326 e. The predicted molar refractivity (Wildman–Crippen MR) is 194 cm³/mol. The molecule has 0 radical (unpaired) electrons. The maximum atomic E-state index is 14.4. The van der Waals surface area contributed by atoms with Gasteiger partial charge in [0.25, 0.3) is 0 Å². The fourth-order valence-electron chi connectivity index (χ4n) is 8.86. The Labute approximate surface area is 318 Å². The van der Waals surface area contributed by atoms with E-state index in [1.807, 2.05) is 0 Å². The van der Waals surface area contributed by atoms with Gasteiger partial charge >= 0.3 is 23.9 Å². The molecule has 5 atom stereocenters. The summed E-state index contributed by atoms with van der Waals surface area (Å²) in [6.07, 6.45) is -0.249. The van der Waals surface area contributed by atoms with Gasteiger partial charge in [0, 0.05) is 35.5 Å². The van der Waals surface area contributed by atoms with Gasteiger partial charge in [-0.05, 0) is 89.8 Å². The molecule has 294 valence electrons. The number of benzene rings is 1. The second-order valence-electron chi connectivity index (χ2n) is 14.3. The Morgan fingerprint density at radius 1 is 0.804 bits per heavy atom. The van der Waals surface area contributed by atoms with Crippen molar-refractivity contribution in [2.45, 2.75) is 69.9 Å². The van der Waals surface area contributed by atoms with Gasteiger partial charge < -0.3 is 45.8 Å². The molecule has 0 amide bonds. The van der Waals surface area contributed by atoms with Gasteiger partial charge in [-0.15, -0.1) is 0 Å². The number of methoxy groups -OCH3 is 1. The fourth-order valence-corrected chi connectivity index (χ4v) is 8.86. The van der Waals surface area contributed by atoms with Crippen molar-refractivity contribution in [3.63, 3.8) is 0 Å². The number of rotatable bonds is 16. The zero-order valence-electron chi connectivity index (χ0n) is 30.5. The molecule has 0 aliphatic heterocycles. The Morgan fingerprint density at radius 2 is 1.41 bits per heavy atom. The summed E-state index contributed by atoms with van der Waals surface area (Å²) in [5, 5.41) is 75.6. The number of Topliss-reactive ketones (excluding diaryl/α,β-unsaturated/α-hetero) is 1. The first-order valence-corrected chi connectivity index (χ1v) is 17.7. The molecule has 1 aromatic rings. The van der Waals surface area contributed by atoms with Crippen LogP contribution in [-0.2, 0) is 28.8 Å². The van der Waals surface area contributed by atoms with Gasteiger partial charge in [-0.25, -0.2) is 4.79 Å². The molecule has 16 heteroatoms. The van der Waals surface area contributed by atoms with Gasteiger partial charge in [-0.1, -0.05) is 11.6 Å². The van der Waals surface area contributed by atoms with Gasteiger partial charge in [0.15, 0.2) is 11.6 Å². The van der Waals surface area contributed by atoms with E-state index in [2.05, 4.69) is 5.32 Å². The second kappa shape index (κ2) is 14.9. The molecule has 0 saturated heterocycles. The van der Waals surface area contributed by atoms with Crippen LogP contribution in [0.1, 0.15) is 84.8 Å². The minimum atomic E-state index is -1.75. The molecule has 1 aromatic carbocycles. The average Bonchev–Trinajstić information content (AvgIpc) is 3.26. The van der Waals surface area contributed by atoms with E-state index >= 15 is 0 Å². The first-order chi connectivity index (χ1) is 26.5. The number of aliphatic hydroxyl groups is 3. The third-order valence-electron chi connectivity index (χ3n) is 11.1. The maximum absolute atomic E-state index is 14.4. The van der Waals surface area contributed by atoms with Crippen molar-refractivity contribution in [2.24, 2.45) is 5.92 Å². The molecule has 8 N–H and O–H groups in total. The molecule has 0 spiro atoms. The van der Waals surface area contributed by atoms with Gasteiger partial charge in [-0.2, -0.15) is 0 Å². The Bertz CT molecular complexity index is 2250. The van der Waals surface area contributed by atoms with Crippen LogP contribution in [0, 0.1) is 5.92 Å². The standard InChI is InChI=1S/C40H39NO15/c1-14-8-19-20(9-16(39(52)53)4-6-24(47)48)37(51)31-23(46)11-18(13-43)27-28-17(12-42)10-22(45)30-33(28)34(29(19)32(27)31)35(26(14)15(2)44)38(56-3)36(30)41-21(40(54)55)5-7-25(49)50/h8,10-11,16,21,26,29,37,41-43,51H,4-7,9,12-13H2,1-3H3,(H,47,48)(H,49,50)(H,52,53)(H,54,55). The molecule has 6 rings (SSSR count). The number of carbonyl (C=O) groups is 7. The highest BCUT2D eigenvalue weighted by atomic mass is 16.5. The van der Waals surface area contributed by atoms with Crippen molar-refractivity contribution in [1.29, 1.82) is 0 Å². The van der Waals surface area contributed by atoms with E-state index in [1.54, 1.807) is 13.0 Å². The van der Waals surface area contributed by atoms with E-state index in [1.165, 1.54) is 14.0 Å². The molecule has 0 heterocycles. The zero-order chi connectivity index (χ0) is 41.1. The lowest BCUT2D eigenvalue weighted by Gasteiger charge is -2.45. The summed E-state index contributed by atoms with van der Waals surface area (Å²) in [6.45, 7) is 1.42. The number of carbonyl (C=O) groups excluding carboxylic acids is 3. The van der Waals surface area contributed by atoms with Crippen LogP contribution in [0.15, 0.2) is 62.8 Å². The molecular formula is C40H39NO15. The summed E-state index contributed by atoms with van der Waals surface area (Å²) in [6, 6.07) is -1.59. The minimum Gasteiger partial charge on any atom is -0.494 e. The zero-order valence-corrected chi connectivity index (χ0v) is 30.5. The van der Waals surface area contributed by atoms with Crippen LogP contribution in [0.2, 0.25) is 0 Å². The lowest BCUT2D eigenvalue weighted by atomic mass is 9.58. The Hall–Kier alpha value is -5.97. The number of ketones is 3. The molecule has 5 aliphatic carbocycles. The third kappa shape index (κ3) is 6.28. The number of carboxylic acids is 4. The smallest absolute Gasteiger partial charge is 0.326 e. The topological polar surface area (TPSA) is 282 Å². The molecule has 0 bridgehead atoms. The van der Waals surface area contributed by atoms with E-state index in [-0.39, 0.29) is 84.7 Å². The van der Waals surface area contributed by atoms with Crippen molar-refractivity contribution in [3.05, 3.63) is 85.1 Å². The van der Waals surface area contributed by atoms with Crippen molar-refractivity contribution < 1.29 is 74.0 Å². The van der Waals surface area contributed by atoms with Gasteiger partial charge in [-0.3, -0.25) is 28.8 Å². The van der Waals surface area contributed by atoms with E-state index < -0.39 is 110 Å². The number of aliphatic hydroxyl groups excluding tert-OH is 3. The lowest BCUT2D eigenvalue weighted by molar-refractivity contribution is -0.143. The van der Waals surface area contributed by atoms with Crippen LogP contribution in [0.25, 0.3) is 5.57 Å². The number of nitrogens with one attached hydrogen (secondary N) is 1. The molecule has 56 heavy (non-hydrogen) atoms. The number of aliphatic carboxylic acids is 4. The first-order valence-electron chi connectivity index (χ1n) is 17.7. The van der Waals surface area contributed by atoms with E-state index in [4.69, 9.17) is 4.74 Å². The Kier molecular flexibility index (Phi) is 10.6. The highest BCUT2D eigenvalue weighted by molar-refractivity contribution is 6.22. The molecule has 0 aromatic heterocycles. The van der Waals surface area contributed by atoms with Gasteiger partial charge in [0.1, 0.15) is 23.7 Å². The van der Waals surface area contributed by atoms with Crippen LogP contribution < -0.4 is 10.1 Å². The summed E-state index contributed by atoms with van der Waals surface area (Å²) in [5.74, 6) is -11.1. The quantitative estimate of drug-likeness (QED) is 0.120. The van der Waals surface area contributed by atoms with Crippen molar-refractivity contribution in [1.82, 2.24) is 0 Å². The summed E-state index contributed by atoms with van der Waals surface area (Å²) in [4.78, 5) is 90.4. The molecule has 16 nitrogen and oxygen atoms in total. The number of hydrogen-bond donors (Lipinski definition) is 8. The van der Waals surface area contributed by atoms with Crippen molar-refractivity contribution in [3.8, 4) is 5.75 Å². The molecule has 0 fully saturated rings. The van der Waals surface area contributed by atoms with Crippen molar-refractivity contribution in [2.75, 3.05) is 25.6 Å². The lowest BCUT2D eigenvalue weighted by Crippen LogP contribution is -2.38. The highest BCUT2D eigenvalue weighted by Crippen LogP contribution is 2.64.